The fourth-order valence-electron chi connectivity index (χ4n) is 1.41. The predicted molar refractivity (Wildman–Crippen MR) is 58.1 cm³/mol. The first kappa shape index (κ1) is 10.6. The second-order valence-electron chi connectivity index (χ2n) is 3.40. The summed E-state index contributed by atoms with van der Waals surface area (Å²) in [6, 6.07) is 3.75. The SMILES string of the molecule is COc1ccc(Cc2ncc(CO)[nH]2)cn1. The van der Waals surface area contributed by atoms with Crippen molar-refractivity contribution in [2.45, 2.75) is 13.0 Å². The van der Waals surface area contributed by atoms with Gasteiger partial charge >= 0.3 is 0 Å². The van der Waals surface area contributed by atoms with Gasteiger partial charge in [0.15, 0.2) is 0 Å². The van der Waals surface area contributed by atoms with Gasteiger partial charge in [-0.2, -0.15) is 0 Å². The minimum Gasteiger partial charge on any atom is -0.481 e. The second kappa shape index (κ2) is 4.76. The Labute approximate surface area is 93.1 Å². The van der Waals surface area contributed by atoms with Crippen LogP contribution in [0.15, 0.2) is 24.5 Å². The van der Waals surface area contributed by atoms with Crippen LogP contribution in [0.1, 0.15) is 17.1 Å². The van der Waals surface area contributed by atoms with Crippen LogP contribution in [0.5, 0.6) is 5.88 Å². The van der Waals surface area contributed by atoms with E-state index in [9.17, 15) is 0 Å². The number of hydrogen-bond donors (Lipinski definition) is 2. The molecule has 2 N–H and O–H groups in total. The molecule has 0 atom stereocenters. The molecule has 0 aliphatic carbocycles. The highest BCUT2D eigenvalue weighted by molar-refractivity contribution is 5.21. The Balaban J connectivity index is 2.08. The van der Waals surface area contributed by atoms with E-state index in [-0.39, 0.29) is 6.61 Å². The molecule has 0 unspecified atom stereocenters. The van der Waals surface area contributed by atoms with Crippen molar-refractivity contribution in [3.63, 3.8) is 0 Å². The van der Waals surface area contributed by atoms with Crippen LogP contribution in [0.3, 0.4) is 0 Å². The lowest BCUT2D eigenvalue weighted by atomic mass is 10.2. The maximum atomic E-state index is 8.89. The normalized spacial score (nSPS) is 10.4. The molecule has 16 heavy (non-hydrogen) atoms. The van der Waals surface area contributed by atoms with E-state index in [1.807, 2.05) is 12.1 Å². The number of hydrogen-bond acceptors (Lipinski definition) is 4. The Morgan fingerprint density at radius 3 is 2.75 bits per heavy atom. The van der Waals surface area contributed by atoms with Crippen LogP contribution in [0.4, 0.5) is 0 Å². The fourth-order valence-corrected chi connectivity index (χ4v) is 1.41. The van der Waals surface area contributed by atoms with Crippen molar-refractivity contribution in [3.8, 4) is 5.88 Å². The molecule has 84 valence electrons. The number of aliphatic hydroxyl groups excluding tert-OH is 1. The maximum absolute atomic E-state index is 8.89. The van der Waals surface area contributed by atoms with Crippen molar-refractivity contribution in [2.24, 2.45) is 0 Å². The Kier molecular flexibility index (Phi) is 3.16. The van der Waals surface area contributed by atoms with Gasteiger partial charge in [0.1, 0.15) is 5.82 Å². The lowest BCUT2D eigenvalue weighted by molar-refractivity contribution is 0.277. The van der Waals surface area contributed by atoms with Gasteiger partial charge < -0.3 is 14.8 Å². The van der Waals surface area contributed by atoms with E-state index >= 15 is 0 Å². The van der Waals surface area contributed by atoms with Crippen molar-refractivity contribution in [2.75, 3.05) is 7.11 Å². The van der Waals surface area contributed by atoms with Crippen LogP contribution in [0.2, 0.25) is 0 Å². The molecule has 0 amide bonds. The van der Waals surface area contributed by atoms with Gasteiger partial charge in [0.05, 0.1) is 25.6 Å². The second-order valence-corrected chi connectivity index (χ2v) is 3.40. The van der Waals surface area contributed by atoms with E-state index in [0.717, 1.165) is 17.1 Å². The Morgan fingerprint density at radius 1 is 1.31 bits per heavy atom. The number of aromatic nitrogens is 3. The first-order valence-electron chi connectivity index (χ1n) is 4.94. The Morgan fingerprint density at radius 2 is 2.19 bits per heavy atom. The van der Waals surface area contributed by atoms with Crippen LogP contribution in [-0.4, -0.2) is 27.2 Å². The summed E-state index contributed by atoms with van der Waals surface area (Å²) in [4.78, 5) is 11.3. The smallest absolute Gasteiger partial charge is 0.212 e. The Bertz CT molecular complexity index is 451. The van der Waals surface area contributed by atoms with E-state index < -0.39 is 0 Å². The average Bonchev–Trinajstić information content (AvgIpc) is 2.78. The van der Waals surface area contributed by atoms with Gasteiger partial charge in [0, 0.05) is 18.7 Å². The molecule has 0 fully saturated rings. The first-order chi connectivity index (χ1) is 7.81. The topological polar surface area (TPSA) is 71.0 Å². The van der Waals surface area contributed by atoms with Gasteiger partial charge in [0.25, 0.3) is 0 Å². The molecule has 0 saturated heterocycles. The van der Waals surface area contributed by atoms with Crippen molar-refractivity contribution >= 4 is 0 Å². The fraction of sp³-hybridized carbons (Fsp3) is 0.273. The quantitative estimate of drug-likeness (QED) is 0.801. The number of nitrogens with one attached hydrogen (secondary N) is 1. The average molecular weight is 219 g/mol. The van der Waals surface area contributed by atoms with Gasteiger partial charge in [0.2, 0.25) is 5.88 Å². The van der Waals surface area contributed by atoms with Crippen molar-refractivity contribution in [3.05, 3.63) is 41.6 Å². The highest BCUT2D eigenvalue weighted by Gasteiger charge is 2.02. The van der Waals surface area contributed by atoms with Crippen LogP contribution < -0.4 is 4.74 Å². The molecule has 5 nitrogen and oxygen atoms in total. The zero-order valence-corrected chi connectivity index (χ0v) is 8.97. The minimum atomic E-state index is -0.0200. The molecule has 5 heteroatoms. The van der Waals surface area contributed by atoms with E-state index in [1.54, 1.807) is 19.5 Å². The van der Waals surface area contributed by atoms with E-state index in [4.69, 9.17) is 9.84 Å². The summed E-state index contributed by atoms with van der Waals surface area (Å²) in [5.74, 6) is 1.41. The number of imidazole rings is 1. The number of ether oxygens (including phenoxy) is 1. The summed E-state index contributed by atoms with van der Waals surface area (Å²) >= 11 is 0. The van der Waals surface area contributed by atoms with Gasteiger partial charge in [-0.25, -0.2) is 9.97 Å². The van der Waals surface area contributed by atoms with E-state index in [2.05, 4.69) is 15.0 Å². The molecule has 0 saturated carbocycles. The molecule has 0 aliphatic rings. The largest absolute Gasteiger partial charge is 0.481 e. The van der Waals surface area contributed by atoms with Crippen LogP contribution in [0.25, 0.3) is 0 Å². The van der Waals surface area contributed by atoms with Crippen LogP contribution >= 0.6 is 0 Å². The maximum Gasteiger partial charge on any atom is 0.212 e. The van der Waals surface area contributed by atoms with Gasteiger partial charge in [-0.05, 0) is 5.56 Å². The molecule has 0 bridgehead atoms. The van der Waals surface area contributed by atoms with Crippen molar-refractivity contribution in [1.82, 2.24) is 15.0 Å². The number of nitrogens with zero attached hydrogens (tertiary/aromatic N) is 2. The zero-order valence-electron chi connectivity index (χ0n) is 8.97. The van der Waals surface area contributed by atoms with Crippen molar-refractivity contribution in [1.29, 1.82) is 0 Å². The summed E-state index contributed by atoms with van der Waals surface area (Å²) in [6.07, 6.45) is 4.04. The highest BCUT2D eigenvalue weighted by Crippen LogP contribution is 2.10. The summed E-state index contributed by atoms with van der Waals surface area (Å²) < 4.78 is 4.97. The molecule has 2 aromatic heterocycles. The third-order valence-electron chi connectivity index (χ3n) is 2.23. The number of aromatic amines is 1. The number of aliphatic hydroxyl groups is 1. The van der Waals surface area contributed by atoms with Crippen LogP contribution in [0, 0.1) is 0 Å². The third kappa shape index (κ3) is 2.38. The molecule has 0 spiro atoms. The van der Waals surface area contributed by atoms with Gasteiger partial charge in [-0.3, -0.25) is 0 Å². The number of H-pyrrole nitrogens is 1. The lowest BCUT2D eigenvalue weighted by Crippen LogP contribution is -1.94. The van der Waals surface area contributed by atoms with E-state index in [0.29, 0.717) is 12.3 Å². The summed E-state index contributed by atoms with van der Waals surface area (Å²) in [6.45, 7) is -0.0200. The number of methoxy groups -OCH3 is 1. The highest BCUT2D eigenvalue weighted by atomic mass is 16.5. The number of pyridine rings is 1. The predicted octanol–water partition coefficient (Wildman–Crippen LogP) is 0.896. The molecule has 2 heterocycles. The summed E-state index contributed by atoms with van der Waals surface area (Å²) in [5.41, 5.74) is 1.76. The zero-order chi connectivity index (χ0) is 11.4. The summed E-state index contributed by atoms with van der Waals surface area (Å²) in [7, 11) is 1.59. The number of rotatable bonds is 4. The molecular weight excluding hydrogens is 206 g/mol. The molecular formula is C11H13N3O2. The molecule has 0 aromatic carbocycles. The Hall–Kier alpha value is -1.88. The first-order valence-corrected chi connectivity index (χ1v) is 4.94. The van der Waals surface area contributed by atoms with Gasteiger partial charge in [-0.15, -0.1) is 0 Å². The van der Waals surface area contributed by atoms with Crippen molar-refractivity contribution < 1.29 is 9.84 Å². The van der Waals surface area contributed by atoms with E-state index in [1.165, 1.54) is 0 Å². The van der Waals surface area contributed by atoms with Crippen LogP contribution in [-0.2, 0) is 13.0 Å². The molecule has 0 radical (unpaired) electrons. The molecule has 2 rings (SSSR count). The van der Waals surface area contributed by atoms with Gasteiger partial charge in [-0.1, -0.05) is 6.07 Å². The monoisotopic (exact) mass is 219 g/mol. The minimum absolute atomic E-state index is 0.0200. The molecule has 0 aliphatic heterocycles. The molecule has 2 aromatic rings. The standard InChI is InChI=1S/C11H13N3O2/c1-16-11-3-2-8(5-13-11)4-10-12-6-9(7-15)14-10/h2-3,5-6,15H,4,7H2,1H3,(H,12,14). The third-order valence-corrected chi connectivity index (χ3v) is 2.23. The lowest BCUT2D eigenvalue weighted by Gasteiger charge is -2.00. The summed E-state index contributed by atoms with van der Waals surface area (Å²) in [5, 5.41) is 8.89.